The monoisotopic (exact) mass is 426 g/mol. The van der Waals surface area contributed by atoms with E-state index < -0.39 is 0 Å². The molecule has 25 heavy (non-hydrogen) atoms. The van der Waals surface area contributed by atoms with Gasteiger partial charge in [0.15, 0.2) is 0 Å². The van der Waals surface area contributed by atoms with Gasteiger partial charge >= 0.3 is 0 Å². The molecule has 8 heteroatoms. The average Bonchev–Trinajstić information content (AvgIpc) is 3.07. The summed E-state index contributed by atoms with van der Waals surface area (Å²) in [5.74, 6) is 1.62. The Morgan fingerprint density at radius 2 is 2.28 bits per heavy atom. The summed E-state index contributed by atoms with van der Waals surface area (Å²) in [6.07, 6.45) is 2.30. The standard InChI is InChI=1S/C17H20BrClN4O2/c1-23(15-8-14(19)21-17(20)22-15)9-11-4-2-6-13(18)16(11)25-10-12-5-3-7-24-12/h2,4,6,8,12H,3,5,7,9-10H2,1H3,(H2,20,21,22). The Bertz CT molecular complexity index is 720. The molecule has 1 aliphatic heterocycles. The minimum absolute atomic E-state index is 0.151. The lowest BCUT2D eigenvalue weighted by Crippen LogP contribution is -2.21. The van der Waals surface area contributed by atoms with Crippen LogP contribution in [0.3, 0.4) is 0 Å². The Balaban J connectivity index is 1.75. The van der Waals surface area contributed by atoms with E-state index in [2.05, 4.69) is 25.9 Å². The smallest absolute Gasteiger partial charge is 0.223 e. The van der Waals surface area contributed by atoms with Gasteiger partial charge in [0.05, 0.1) is 10.6 Å². The van der Waals surface area contributed by atoms with Gasteiger partial charge in [0.1, 0.15) is 23.3 Å². The van der Waals surface area contributed by atoms with Crippen LogP contribution in [0, 0.1) is 0 Å². The first-order valence-corrected chi connectivity index (χ1v) is 9.23. The fourth-order valence-electron chi connectivity index (χ4n) is 2.75. The Morgan fingerprint density at radius 1 is 1.44 bits per heavy atom. The maximum Gasteiger partial charge on any atom is 0.223 e. The van der Waals surface area contributed by atoms with Crippen LogP contribution in [0.5, 0.6) is 5.75 Å². The number of nitrogens with zero attached hydrogens (tertiary/aromatic N) is 3. The third kappa shape index (κ3) is 4.74. The molecule has 1 unspecified atom stereocenters. The van der Waals surface area contributed by atoms with E-state index in [4.69, 9.17) is 26.8 Å². The molecule has 1 atom stereocenters. The van der Waals surface area contributed by atoms with E-state index in [9.17, 15) is 0 Å². The van der Waals surface area contributed by atoms with Crippen molar-refractivity contribution in [3.05, 3.63) is 39.5 Å². The van der Waals surface area contributed by atoms with Crippen molar-refractivity contribution in [3.8, 4) is 5.75 Å². The lowest BCUT2D eigenvalue weighted by Gasteiger charge is -2.22. The quantitative estimate of drug-likeness (QED) is 0.709. The van der Waals surface area contributed by atoms with Gasteiger partial charge in [-0.15, -0.1) is 0 Å². The molecule has 6 nitrogen and oxygen atoms in total. The van der Waals surface area contributed by atoms with Crippen LogP contribution in [0.25, 0.3) is 0 Å². The molecule has 0 spiro atoms. The summed E-state index contributed by atoms with van der Waals surface area (Å²) in [5.41, 5.74) is 6.71. The average molecular weight is 428 g/mol. The Labute approximate surface area is 160 Å². The van der Waals surface area contributed by atoms with Crippen molar-refractivity contribution in [3.63, 3.8) is 0 Å². The second-order valence-corrected chi connectivity index (χ2v) is 7.18. The molecule has 2 N–H and O–H groups in total. The number of hydrogen-bond donors (Lipinski definition) is 1. The summed E-state index contributed by atoms with van der Waals surface area (Å²) in [4.78, 5) is 10.1. The first kappa shape index (κ1) is 18.2. The molecule has 0 aliphatic carbocycles. The molecule has 2 aromatic rings. The fourth-order valence-corrected chi connectivity index (χ4v) is 3.45. The Kier molecular flexibility index (Phi) is 5.98. The maximum absolute atomic E-state index is 6.05. The number of para-hydroxylation sites is 1. The third-order valence-corrected chi connectivity index (χ3v) is 4.80. The number of aromatic nitrogens is 2. The first-order chi connectivity index (χ1) is 12.0. The van der Waals surface area contributed by atoms with Crippen molar-refractivity contribution in [1.29, 1.82) is 0 Å². The van der Waals surface area contributed by atoms with Crippen molar-refractivity contribution in [2.75, 3.05) is 30.9 Å². The van der Waals surface area contributed by atoms with Crippen LogP contribution in [0.4, 0.5) is 11.8 Å². The second-order valence-electron chi connectivity index (χ2n) is 5.94. The van der Waals surface area contributed by atoms with E-state index in [0.717, 1.165) is 35.2 Å². The number of ether oxygens (including phenoxy) is 2. The Hall–Kier alpha value is -1.57. The van der Waals surface area contributed by atoms with Crippen LogP contribution in [0.15, 0.2) is 28.7 Å². The molecule has 0 bridgehead atoms. The van der Waals surface area contributed by atoms with Crippen molar-refractivity contribution >= 4 is 39.3 Å². The lowest BCUT2D eigenvalue weighted by atomic mass is 10.2. The molecule has 0 amide bonds. The van der Waals surface area contributed by atoms with Gasteiger partial charge in [0.25, 0.3) is 0 Å². The van der Waals surface area contributed by atoms with Crippen molar-refractivity contribution < 1.29 is 9.47 Å². The number of hydrogen-bond acceptors (Lipinski definition) is 6. The zero-order valence-electron chi connectivity index (χ0n) is 13.9. The van der Waals surface area contributed by atoms with Gasteiger partial charge in [-0.05, 0) is 34.8 Å². The predicted octanol–water partition coefficient (Wildman–Crippen LogP) is 3.67. The third-order valence-electron chi connectivity index (χ3n) is 3.98. The summed E-state index contributed by atoms with van der Waals surface area (Å²) in [5, 5.41) is 0.318. The van der Waals surface area contributed by atoms with Gasteiger partial charge in [0.2, 0.25) is 5.95 Å². The number of rotatable bonds is 6. The highest BCUT2D eigenvalue weighted by Gasteiger charge is 2.18. The van der Waals surface area contributed by atoms with Crippen molar-refractivity contribution in [1.82, 2.24) is 9.97 Å². The fraction of sp³-hybridized carbons (Fsp3) is 0.412. The first-order valence-electron chi connectivity index (χ1n) is 8.06. The molecule has 3 rings (SSSR count). The molecular formula is C17H20BrClN4O2. The zero-order valence-corrected chi connectivity index (χ0v) is 16.3. The highest BCUT2D eigenvalue weighted by atomic mass is 79.9. The van der Waals surface area contributed by atoms with Gasteiger partial charge in [-0.1, -0.05) is 23.7 Å². The van der Waals surface area contributed by atoms with E-state index in [-0.39, 0.29) is 12.1 Å². The van der Waals surface area contributed by atoms with Crippen molar-refractivity contribution in [2.45, 2.75) is 25.5 Å². The largest absolute Gasteiger partial charge is 0.489 e. The zero-order chi connectivity index (χ0) is 17.8. The van der Waals surface area contributed by atoms with Crippen LogP contribution >= 0.6 is 27.5 Å². The van der Waals surface area contributed by atoms with Gasteiger partial charge in [0, 0.05) is 31.8 Å². The van der Waals surface area contributed by atoms with E-state index in [1.165, 1.54) is 0 Å². The molecule has 1 aromatic carbocycles. The van der Waals surface area contributed by atoms with Crippen LogP contribution in [-0.4, -0.2) is 36.3 Å². The lowest BCUT2D eigenvalue weighted by molar-refractivity contribution is 0.0673. The molecule has 0 radical (unpaired) electrons. The van der Waals surface area contributed by atoms with Gasteiger partial charge in [-0.3, -0.25) is 0 Å². The summed E-state index contributed by atoms with van der Waals surface area (Å²) in [6.45, 7) is 1.95. The number of halogens is 2. The molecule has 2 heterocycles. The van der Waals surface area contributed by atoms with E-state index in [0.29, 0.717) is 24.1 Å². The number of nitrogens with two attached hydrogens (primary N) is 1. The molecule has 0 saturated carbocycles. The molecule has 1 aromatic heterocycles. The SMILES string of the molecule is CN(Cc1cccc(Br)c1OCC1CCCO1)c1cc(Cl)nc(N)n1. The normalized spacial score (nSPS) is 16.8. The van der Waals surface area contributed by atoms with Crippen LogP contribution < -0.4 is 15.4 Å². The van der Waals surface area contributed by atoms with Gasteiger partial charge < -0.3 is 20.1 Å². The Morgan fingerprint density at radius 3 is 3.00 bits per heavy atom. The molecule has 1 aliphatic rings. The van der Waals surface area contributed by atoms with Gasteiger partial charge in [-0.25, -0.2) is 4.98 Å². The maximum atomic E-state index is 6.05. The van der Waals surface area contributed by atoms with E-state index in [1.807, 2.05) is 30.1 Å². The van der Waals surface area contributed by atoms with Gasteiger partial charge in [-0.2, -0.15) is 4.98 Å². The summed E-state index contributed by atoms with van der Waals surface area (Å²) in [7, 11) is 1.92. The number of nitrogen functional groups attached to an aromatic ring is 1. The molecule has 1 saturated heterocycles. The predicted molar refractivity (Wildman–Crippen MR) is 102 cm³/mol. The van der Waals surface area contributed by atoms with E-state index in [1.54, 1.807) is 6.07 Å². The molecule has 1 fully saturated rings. The second kappa shape index (κ2) is 8.21. The number of anilines is 2. The topological polar surface area (TPSA) is 73.5 Å². The summed E-state index contributed by atoms with van der Waals surface area (Å²) in [6, 6.07) is 7.66. The number of benzene rings is 1. The highest BCUT2D eigenvalue weighted by molar-refractivity contribution is 9.10. The van der Waals surface area contributed by atoms with Crippen molar-refractivity contribution in [2.24, 2.45) is 0 Å². The van der Waals surface area contributed by atoms with Crippen LogP contribution in [0.1, 0.15) is 18.4 Å². The van der Waals surface area contributed by atoms with Crippen LogP contribution in [-0.2, 0) is 11.3 Å². The minimum Gasteiger partial charge on any atom is -0.489 e. The highest BCUT2D eigenvalue weighted by Crippen LogP contribution is 2.31. The van der Waals surface area contributed by atoms with E-state index >= 15 is 0 Å². The summed E-state index contributed by atoms with van der Waals surface area (Å²) >= 11 is 9.55. The molecular weight excluding hydrogens is 408 g/mol. The van der Waals surface area contributed by atoms with Crippen LogP contribution in [0.2, 0.25) is 5.15 Å². The minimum atomic E-state index is 0.151. The summed E-state index contributed by atoms with van der Waals surface area (Å²) < 4.78 is 12.6. The molecule has 134 valence electrons.